The molecule has 144 valence electrons. The van der Waals surface area contributed by atoms with Gasteiger partial charge in [-0.25, -0.2) is 0 Å². The molecule has 0 bridgehead atoms. The van der Waals surface area contributed by atoms with Crippen molar-refractivity contribution in [1.29, 1.82) is 0 Å². The zero-order valence-corrected chi connectivity index (χ0v) is 17.4. The first-order valence-electron chi connectivity index (χ1n) is 9.64. The second-order valence-corrected chi connectivity index (χ2v) is 7.37. The van der Waals surface area contributed by atoms with E-state index in [9.17, 15) is 0 Å². The van der Waals surface area contributed by atoms with E-state index in [4.69, 9.17) is 0 Å². The smallest absolute Gasteiger partial charge is 0.0537 e. The van der Waals surface area contributed by atoms with E-state index in [1.165, 1.54) is 16.7 Å². The summed E-state index contributed by atoms with van der Waals surface area (Å²) >= 11 is 0. The van der Waals surface area contributed by atoms with E-state index < -0.39 is 0 Å². The molecule has 4 heteroatoms. The number of nitrogens with zero attached hydrogens (tertiary/aromatic N) is 3. The predicted molar refractivity (Wildman–Crippen MR) is 111 cm³/mol. The van der Waals surface area contributed by atoms with E-state index in [0.29, 0.717) is 0 Å². The van der Waals surface area contributed by atoms with Crippen molar-refractivity contribution in [2.45, 2.75) is 19.6 Å². The van der Waals surface area contributed by atoms with Gasteiger partial charge in [-0.1, -0.05) is 91.0 Å². The van der Waals surface area contributed by atoms with Crippen molar-refractivity contribution in [3.63, 3.8) is 0 Å². The van der Waals surface area contributed by atoms with Gasteiger partial charge in [0, 0.05) is 37.0 Å². The summed E-state index contributed by atoms with van der Waals surface area (Å²) in [4.78, 5) is 7.60. The summed E-state index contributed by atoms with van der Waals surface area (Å²) in [7, 11) is 0. The predicted octanol–water partition coefficient (Wildman–Crippen LogP) is 4.38. The van der Waals surface area contributed by atoms with Crippen LogP contribution in [0.5, 0.6) is 0 Å². The van der Waals surface area contributed by atoms with Gasteiger partial charge in [0.15, 0.2) is 0 Å². The van der Waals surface area contributed by atoms with Crippen molar-refractivity contribution in [3.05, 3.63) is 108 Å². The molecular formula is C24H27CrN3. The van der Waals surface area contributed by atoms with Gasteiger partial charge in [-0.3, -0.25) is 14.7 Å². The van der Waals surface area contributed by atoms with Crippen molar-refractivity contribution in [3.8, 4) is 0 Å². The molecule has 4 rings (SSSR count). The molecule has 0 atom stereocenters. The van der Waals surface area contributed by atoms with Crippen LogP contribution in [0.25, 0.3) is 0 Å². The molecule has 0 radical (unpaired) electrons. The Bertz CT molecular complexity index is 692. The third-order valence-corrected chi connectivity index (χ3v) is 4.95. The fraction of sp³-hybridized carbons (Fsp3) is 0.250. The van der Waals surface area contributed by atoms with Crippen molar-refractivity contribution < 1.29 is 17.4 Å². The molecule has 0 spiro atoms. The van der Waals surface area contributed by atoms with Crippen molar-refractivity contribution in [2.24, 2.45) is 0 Å². The first-order valence-corrected chi connectivity index (χ1v) is 9.64. The average Bonchev–Trinajstić information content (AvgIpc) is 2.70. The molecule has 1 fully saturated rings. The number of hydrogen-bond acceptors (Lipinski definition) is 3. The molecule has 28 heavy (non-hydrogen) atoms. The van der Waals surface area contributed by atoms with E-state index in [0.717, 1.165) is 39.6 Å². The molecule has 1 heterocycles. The Labute approximate surface area is 179 Å². The van der Waals surface area contributed by atoms with Crippen LogP contribution < -0.4 is 0 Å². The van der Waals surface area contributed by atoms with Gasteiger partial charge in [-0.2, -0.15) is 0 Å². The molecule has 0 saturated carbocycles. The van der Waals surface area contributed by atoms with Crippen molar-refractivity contribution in [1.82, 2.24) is 14.7 Å². The second-order valence-electron chi connectivity index (χ2n) is 7.37. The summed E-state index contributed by atoms with van der Waals surface area (Å²) in [6.45, 7) is 5.94. The summed E-state index contributed by atoms with van der Waals surface area (Å²) in [6.07, 6.45) is 0. The quantitative estimate of drug-likeness (QED) is 0.598. The Hall–Kier alpha value is -1.93. The SMILES string of the molecule is [Cr].c1ccc(CN2CN(Cc3ccccc3)CN(Cc3ccccc3)C2)cc1. The minimum absolute atomic E-state index is 0. The zero-order chi connectivity index (χ0) is 18.3. The Morgan fingerprint density at radius 2 is 0.679 bits per heavy atom. The van der Waals surface area contributed by atoms with Crippen LogP contribution in [0.3, 0.4) is 0 Å². The molecule has 0 aromatic heterocycles. The molecule has 0 unspecified atom stereocenters. The monoisotopic (exact) mass is 409 g/mol. The van der Waals surface area contributed by atoms with E-state index in [2.05, 4.69) is 106 Å². The van der Waals surface area contributed by atoms with Gasteiger partial charge in [0.2, 0.25) is 0 Å². The Kier molecular flexibility index (Phi) is 7.85. The van der Waals surface area contributed by atoms with Gasteiger partial charge in [-0.05, 0) is 16.7 Å². The zero-order valence-electron chi connectivity index (χ0n) is 16.2. The van der Waals surface area contributed by atoms with Crippen molar-refractivity contribution in [2.75, 3.05) is 20.0 Å². The summed E-state index contributed by atoms with van der Waals surface area (Å²) in [5, 5.41) is 0. The standard InChI is InChI=1S/C24H27N3.Cr/c1-4-10-22(11-5-1)16-25-19-26(17-23-12-6-2-7-13-23)21-27(20-25)18-24-14-8-3-9-15-24;/h1-15H,16-21H2;. The summed E-state index contributed by atoms with van der Waals surface area (Å²) < 4.78 is 0. The van der Waals surface area contributed by atoms with Gasteiger partial charge in [0.25, 0.3) is 0 Å². The molecule has 0 amide bonds. The van der Waals surface area contributed by atoms with Gasteiger partial charge in [-0.15, -0.1) is 0 Å². The normalized spacial score (nSPS) is 15.9. The van der Waals surface area contributed by atoms with Crippen LogP contribution in [-0.2, 0) is 37.0 Å². The van der Waals surface area contributed by atoms with Crippen LogP contribution in [0.2, 0.25) is 0 Å². The van der Waals surface area contributed by atoms with Crippen LogP contribution in [-0.4, -0.2) is 34.7 Å². The number of rotatable bonds is 6. The molecule has 0 N–H and O–H groups in total. The maximum Gasteiger partial charge on any atom is 0.0537 e. The molecule has 1 aliphatic rings. The minimum Gasteiger partial charge on any atom is -0.273 e. The van der Waals surface area contributed by atoms with Crippen LogP contribution in [0.15, 0.2) is 91.0 Å². The average molecular weight is 409 g/mol. The molecule has 1 saturated heterocycles. The largest absolute Gasteiger partial charge is 0.273 e. The van der Waals surface area contributed by atoms with E-state index in [1.807, 2.05) is 0 Å². The van der Waals surface area contributed by atoms with Crippen LogP contribution >= 0.6 is 0 Å². The first-order chi connectivity index (χ1) is 13.3. The Morgan fingerprint density at radius 3 is 0.929 bits per heavy atom. The first kappa shape index (κ1) is 20.8. The third kappa shape index (κ3) is 6.04. The number of hydrogen-bond donors (Lipinski definition) is 0. The Balaban J connectivity index is 0.00000225. The van der Waals surface area contributed by atoms with E-state index in [1.54, 1.807) is 0 Å². The molecule has 1 aliphatic heterocycles. The van der Waals surface area contributed by atoms with Gasteiger partial charge < -0.3 is 0 Å². The van der Waals surface area contributed by atoms with Crippen LogP contribution in [0.4, 0.5) is 0 Å². The molecule has 0 aliphatic carbocycles. The minimum atomic E-state index is 0. The van der Waals surface area contributed by atoms with Crippen molar-refractivity contribution >= 4 is 0 Å². The number of benzene rings is 3. The maximum absolute atomic E-state index is 2.53. The van der Waals surface area contributed by atoms with E-state index in [-0.39, 0.29) is 17.4 Å². The third-order valence-electron chi connectivity index (χ3n) is 4.95. The fourth-order valence-electron chi connectivity index (χ4n) is 3.81. The fourth-order valence-corrected chi connectivity index (χ4v) is 3.81. The molecule has 3 nitrogen and oxygen atoms in total. The molecular weight excluding hydrogens is 382 g/mol. The van der Waals surface area contributed by atoms with Crippen LogP contribution in [0.1, 0.15) is 16.7 Å². The Morgan fingerprint density at radius 1 is 0.429 bits per heavy atom. The van der Waals surface area contributed by atoms with Crippen LogP contribution in [0, 0.1) is 0 Å². The summed E-state index contributed by atoms with van der Waals surface area (Å²) in [6, 6.07) is 32.3. The summed E-state index contributed by atoms with van der Waals surface area (Å²) in [5.74, 6) is 0. The van der Waals surface area contributed by atoms with Gasteiger partial charge in [0.05, 0.1) is 20.0 Å². The topological polar surface area (TPSA) is 9.72 Å². The second kappa shape index (κ2) is 10.6. The van der Waals surface area contributed by atoms with Gasteiger partial charge in [0.1, 0.15) is 0 Å². The van der Waals surface area contributed by atoms with Gasteiger partial charge >= 0.3 is 0 Å². The molecule has 3 aromatic carbocycles. The molecule has 3 aromatic rings. The van der Waals surface area contributed by atoms with E-state index >= 15 is 0 Å². The summed E-state index contributed by atoms with van der Waals surface area (Å²) in [5.41, 5.74) is 4.12. The maximum atomic E-state index is 2.53.